The lowest BCUT2D eigenvalue weighted by Crippen LogP contribution is -2.42. The molecule has 0 aromatic carbocycles. The number of carbonyl (C=O) groups is 4. The van der Waals surface area contributed by atoms with Gasteiger partial charge in [-0.1, -0.05) is 11.3 Å². The van der Waals surface area contributed by atoms with Crippen molar-refractivity contribution in [2.75, 3.05) is 20.2 Å². The molecule has 0 saturated carbocycles. The zero-order chi connectivity index (χ0) is 30.5. The molecule has 0 spiro atoms. The summed E-state index contributed by atoms with van der Waals surface area (Å²) in [4.78, 5) is 53.4. The van der Waals surface area contributed by atoms with Crippen molar-refractivity contribution in [3.63, 3.8) is 0 Å². The first kappa shape index (κ1) is 31.2. The maximum absolute atomic E-state index is 13.4. The number of halogens is 3. The van der Waals surface area contributed by atoms with E-state index in [-0.39, 0.29) is 17.6 Å². The van der Waals surface area contributed by atoms with Gasteiger partial charge in [0, 0.05) is 24.7 Å². The number of fused-ring (bicyclic) bond motifs is 1. The molecule has 0 atom stereocenters. The number of nitrogens with zero attached hydrogens (tertiary/aromatic N) is 5. The largest absolute Gasteiger partial charge is 0.487 e. The Balaban J connectivity index is 0.000000302. The van der Waals surface area contributed by atoms with Gasteiger partial charge in [0.1, 0.15) is 6.33 Å². The number of methoxy groups -OCH3 is 1. The Bertz CT molecular complexity index is 1420. The van der Waals surface area contributed by atoms with E-state index in [0.717, 1.165) is 12.4 Å². The second-order valence-corrected chi connectivity index (χ2v) is 9.95. The van der Waals surface area contributed by atoms with Crippen molar-refractivity contribution in [1.29, 1.82) is 0 Å². The fourth-order valence-corrected chi connectivity index (χ4v) is 4.82. The van der Waals surface area contributed by atoms with Crippen molar-refractivity contribution in [1.82, 2.24) is 24.5 Å². The van der Waals surface area contributed by atoms with Crippen LogP contribution in [0.5, 0.6) is 5.06 Å². The molecule has 4 heterocycles. The first-order valence-corrected chi connectivity index (χ1v) is 12.6. The summed E-state index contributed by atoms with van der Waals surface area (Å²) in [7, 11) is 1.54. The first-order valence-electron chi connectivity index (χ1n) is 11.7. The molecule has 14 nitrogen and oxygen atoms in total. The first-order chi connectivity index (χ1) is 19.1. The van der Waals surface area contributed by atoms with E-state index in [4.69, 9.17) is 25.2 Å². The second-order valence-electron chi connectivity index (χ2n) is 8.90. The van der Waals surface area contributed by atoms with E-state index in [9.17, 15) is 32.3 Å². The lowest BCUT2D eigenvalue weighted by Gasteiger charge is -2.31. The minimum atomic E-state index is -4.56. The van der Waals surface area contributed by atoms with Crippen LogP contribution in [0.2, 0.25) is 0 Å². The third-order valence-electron chi connectivity index (χ3n) is 6.04. The number of rotatable bonds is 8. The Kier molecular flexibility index (Phi) is 9.49. The molecule has 1 aliphatic heterocycles. The van der Waals surface area contributed by atoms with Gasteiger partial charge in [-0.15, -0.1) is 0 Å². The molecule has 1 amide bonds. The molecule has 0 radical (unpaired) electrons. The highest BCUT2D eigenvalue weighted by atomic mass is 32.1. The maximum atomic E-state index is 13.4. The third kappa shape index (κ3) is 7.66. The van der Waals surface area contributed by atoms with E-state index in [2.05, 4.69) is 15.1 Å². The van der Waals surface area contributed by atoms with Crippen molar-refractivity contribution in [3.8, 4) is 5.06 Å². The molecular formula is C23H24F3N5O9S. The van der Waals surface area contributed by atoms with Crippen molar-refractivity contribution in [3.05, 3.63) is 40.8 Å². The van der Waals surface area contributed by atoms with Crippen LogP contribution in [0.25, 0.3) is 5.78 Å². The molecule has 0 unspecified atom stereocenters. The summed E-state index contributed by atoms with van der Waals surface area (Å²) in [5.74, 6) is -5.36. The number of aliphatic carboxylic acids is 3. The van der Waals surface area contributed by atoms with E-state index >= 15 is 0 Å². The highest BCUT2D eigenvalue weighted by Gasteiger charge is 2.41. The van der Waals surface area contributed by atoms with Gasteiger partial charge in [-0.3, -0.25) is 14.4 Å². The Morgan fingerprint density at radius 3 is 2.17 bits per heavy atom. The van der Waals surface area contributed by atoms with Crippen LogP contribution in [-0.2, 0) is 20.6 Å². The monoisotopic (exact) mass is 603 g/mol. The van der Waals surface area contributed by atoms with Gasteiger partial charge in [0.2, 0.25) is 0 Å². The average Bonchev–Trinajstić information content (AvgIpc) is 3.56. The predicted molar refractivity (Wildman–Crippen MR) is 132 cm³/mol. The normalized spacial score (nSPS) is 14.3. The van der Waals surface area contributed by atoms with Crippen LogP contribution in [0, 0.1) is 0 Å². The van der Waals surface area contributed by atoms with E-state index in [1.807, 2.05) is 0 Å². The van der Waals surface area contributed by atoms with Gasteiger partial charge in [-0.05, 0) is 31.0 Å². The number of carboxylic acid groups (broad SMARTS) is 3. The van der Waals surface area contributed by atoms with Crippen molar-refractivity contribution >= 4 is 40.9 Å². The van der Waals surface area contributed by atoms with E-state index in [1.165, 1.54) is 11.3 Å². The quantitative estimate of drug-likeness (QED) is 0.292. The van der Waals surface area contributed by atoms with Crippen molar-refractivity contribution in [2.45, 2.75) is 43.4 Å². The van der Waals surface area contributed by atoms with Crippen LogP contribution in [0.1, 0.15) is 52.7 Å². The number of alkyl halides is 3. The lowest BCUT2D eigenvalue weighted by atomic mass is 9.92. The zero-order valence-corrected chi connectivity index (χ0v) is 22.1. The van der Waals surface area contributed by atoms with Gasteiger partial charge in [0.15, 0.2) is 16.4 Å². The molecule has 0 aliphatic carbocycles. The van der Waals surface area contributed by atoms with Crippen LogP contribution >= 0.6 is 11.3 Å². The summed E-state index contributed by atoms with van der Waals surface area (Å²) in [6.45, 7) is 0.898. The standard InChI is InChI=1S/C17H16F3N5O2S.C6H8O7/c1-27-14-3-2-12(28-14)15(26)24-6-4-10(5-7-24)11-8-13(17(18,19)20)25-16(23-11)21-9-22-25;7-3(8)1-6(13,5(11)12)2-4(9)10/h2-3,8-10H,4-7H2,1H3;13H,1-2H2,(H,7,8)(H,9,10)(H,11,12). The van der Waals surface area contributed by atoms with Crippen LogP contribution in [0.4, 0.5) is 13.2 Å². The molecule has 3 aromatic heterocycles. The highest BCUT2D eigenvalue weighted by molar-refractivity contribution is 7.15. The molecule has 3 aromatic rings. The summed E-state index contributed by atoms with van der Waals surface area (Å²) in [6, 6.07) is 4.49. The third-order valence-corrected chi connectivity index (χ3v) is 7.08. The van der Waals surface area contributed by atoms with Crippen LogP contribution in [0.15, 0.2) is 24.5 Å². The molecular weight excluding hydrogens is 579 g/mol. The highest BCUT2D eigenvalue weighted by Crippen LogP contribution is 2.34. The number of thiophene rings is 1. The number of carbonyl (C=O) groups excluding carboxylic acids is 1. The number of hydrogen-bond acceptors (Lipinski definition) is 10. The van der Waals surface area contributed by atoms with E-state index in [1.54, 1.807) is 24.1 Å². The minimum absolute atomic E-state index is 0.0750. The molecule has 4 N–H and O–H groups in total. The minimum Gasteiger partial charge on any atom is -0.487 e. The van der Waals surface area contributed by atoms with Gasteiger partial charge >= 0.3 is 24.1 Å². The number of piperidine rings is 1. The van der Waals surface area contributed by atoms with E-state index in [0.29, 0.717) is 46.1 Å². The number of likely N-dealkylation sites (tertiary alicyclic amines) is 1. The fraction of sp³-hybridized carbons (Fsp3) is 0.435. The molecule has 41 heavy (non-hydrogen) atoms. The second kappa shape index (κ2) is 12.5. The summed E-state index contributed by atoms with van der Waals surface area (Å²) >= 11 is 1.27. The smallest absolute Gasteiger partial charge is 0.433 e. The number of ether oxygens (including phenoxy) is 1. The summed E-state index contributed by atoms with van der Waals surface area (Å²) in [5.41, 5.74) is -3.30. The SMILES string of the molecule is COc1ccc(C(=O)N2CCC(c3cc(C(F)(F)F)n4ncnc4n3)CC2)s1.O=C(O)CC(O)(CC(=O)O)C(=O)O. The summed E-state index contributed by atoms with van der Waals surface area (Å²) < 4.78 is 45.9. The number of aromatic nitrogens is 4. The molecule has 1 saturated heterocycles. The average molecular weight is 604 g/mol. The number of carboxylic acids is 3. The number of hydrogen-bond donors (Lipinski definition) is 4. The molecule has 0 bridgehead atoms. The Hall–Kier alpha value is -4.32. The van der Waals surface area contributed by atoms with E-state index < -0.39 is 48.2 Å². The van der Waals surface area contributed by atoms with Gasteiger partial charge < -0.3 is 30.1 Å². The summed E-state index contributed by atoms with van der Waals surface area (Å²) in [6.07, 6.45) is -4.73. The van der Waals surface area contributed by atoms with Gasteiger partial charge in [0.05, 0.1) is 24.8 Å². The molecule has 4 rings (SSSR count). The maximum Gasteiger partial charge on any atom is 0.433 e. The topological polar surface area (TPSA) is 205 Å². The molecule has 222 valence electrons. The van der Waals surface area contributed by atoms with Crippen LogP contribution < -0.4 is 4.74 Å². The van der Waals surface area contributed by atoms with Crippen LogP contribution in [-0.4, -0.2) is 94.5 Å². The molecule has 1 fully saturated rings. The number of aliphatic hydroxyl groups is 1. The van der Waals surface area contributed by atoms with Gasteiger partial charge in [-0.2, -0.15) is 27.8 Å². The molecule has 18 heteroatoms. The Morgan fingerprint density at radius 1 is 1.07 bits per heavy atom. The Morgan fingerprint density at radius 2 is 1.68 bits per heavy atom. The Labute approximate surface area is 232 Å². The molecule has 1 aliphatic rings. The van der Waals surface area contributed by atoms with Gasteiger partial charge in [-0.25, -0.2) is 9.78 Å². The lowest BCUT2D eigenvalue weighted by molar-refractivity contribution is -0.170. The number of amides is 1. The van der Waals surface area contributed by atoms with Crippen molar-refractivity contribution < 1.29 is 57.5 Å². The summed E-state index contributed by atoms with van der Waals surface area (Å²) in [5, 5.41) is 38.1. The predicted octanol–water partition coefficient (Wildman–Crippen LogP) is 1.98. The van der Waals surface area contributed by atoms with Crippen molar-refractivity contribution in [2.24, 2.45) is 0 Å². The fourth-order valence-electron chi connectivity index (χ4n) is 4.03. The van der Waals surface area contributed by atoms with Gasteiger partial charge in [0.25, 0.3) is 11.7 Å². The zero-order valence-electron chi connectivity index (χ0n) is 21.2. The van der Waals surface area contributed by atoms with Crippen LogP contribution in [0.3, 0.4) is 0 Å².